The number of halogens is 1. The third-order valence-corrected chi connectivity index (χ3v) is 11.6. The summed E-state index contributed by atoms with van der Waals surface area (Å²) >= 11 is 6.29. The van der Waals surface area contributed by atoms with Crippen molar-refractivity contribution in [3.8, 4) is 0 Å². The highest BCUT2D eigenvalue weighted by molar-refractivity contribution is 7.90. The summed E-state index contributed by atoms with van der Waals surface area (Å²) in [6, 6.07) is 1.92. The molecule has 16 nitrogen and oxygen atoms in total. The number of sulfonamides is 1. The van der Waals surface area contributed by atoms with Crippen LogP contribution in [0.25, 0.3) is 11.0 Å². The van der Waals surface area contributed by atoms with Gasteiger partial charge >= 0.3 is 7.60 Å². The molecule has 19 heteroatoms. The van der Waals surface area contributed by atoms with E-state index in [1.54, 1.807) is 10.8 Å². The van der Waals surface area contributed by atoms with Gasteiger partial charge in [-0.15, -0.1) is 0 Å². The van der Waals surface area contributed by atoms with Gasteiger partial charge in [0.25, 0.3) is 11.2 Å². The second-order valence-corrected chi connectivity index (χ2v) is 15.3. The highest BCUT2D eigenvalue weighted by Gasteiger charge is 2.58. The molecule has 0 spiro atoms. The molecule has 5 rings (SSSR count). The van der Waals surface area contributed by atoms with E-state index in [9.17, 15) is 37.8 Å². The molecule has 0 radical (unpaired) electrons. The Morgan fingerprint density at radius 1 is 1.21 bits per heavy atom. The minimum absolute atomic E-state index is 0.150. The Kier molecular flexibility index (Phi) is 9.41. The molecule has 0 bridgehead atoms. The van der Waals surface area contributed by atoms with Gasteiger partial charge in [-0.05, 0) is 31.7 Å². The Hall–Kier alpha value is -1.92. The Labute approximate surface area is 252 Å². The number of methoxy groups -OCH3 is 1. The Balaban J connectivity index is 1.37. The van der Waals surface area contributed by atoms with Gasteiger partial charge in [0.15, 0.2) is 11.9 Å². The molecule has 2 aliphatic carbocycles. The van der Waals surface area contributed by atoms with Gasteiger partial charge in [0.2, 0.25) is 10.0 Å². The molecule has 3 heterocycles. The second kappa shape index (κ2) is 12.5. The van der Waals surface area contributed by atoms with E-state index in [0.29, 0.717) is 30.3 Å². The average molecular weight is 668 g/mol. The highest BCUT2D eigenvalue weighted by Crippen LogP contribution is 2.52. The molecule has 1 saturated heterocycles. The summed E-state index contributed by atoms with van der Waals surface area (Å²) in [5.41, 5.74) is 0.935. The Bertz CT molecular complexity index is 1500. The van der Waals surface area contributed by atoms with E-state index in [2.05, 4.69) is 15.4 Å². The van der Waals surface area contributed by atoms with Crippen LogP contribution in [0.3, 0.4) is 0 Å². The van der Waals surface area contributed by atoms with E-state index in [1.807, 2.05) is 0 Å². The van der Waals surface area contributed by atoms with Gasteiger partial charge in [-0.3, -0.25) is 9.36 Å². The van der Waals surface area contributed by atoms with Crippen LogP contribution in [0, 0.1) is 0 Å². The zero-order chi connectivity index (χ0) is 31.2. The van der Waals surface area contributed by atoms with Crippen molar-refractivity contribution in [3.63, 3.8) is 0 Å². The SMILES string of the molecule is COC[C@@](OC[C@H]1O[C@@H](n2ncc3c(NC4CCCC4)cc(Cl)nc32)[C@H](O)[C@@H]1O)(C(=O)NS(=O)(=O)C1CCC1)P(=O)(O)O. The number of hydrogen-bond donors (Lipinski definition) is 6. The minimum atomic E-state index is -5.57. The molecule has 2 aromatic rings. The molecule has 0 aromatic carbocycles. The van der Waals surface area contributed by atoms with Crippen molar-refractivity contribution < 1.29 is 52.0 Å². The average Bonchev–Trinajstić information content (AvgIpc) is 3.60. The van der Waals surface area contributed by atoms with Crippen molar-refractivity contribution in [2.24, 2.45) is 0 Å². The fourth-order valence-corrected chi connectivity index (χ4v) is 8.18. The number of aliphatic hydroxyl groups is 2. The molecule has 43 heavy (non-hydrogen) atoms. The zero-order valence-electron chi connectivity index (χ0n) is 23.2. The lowest BCUT2D eigenvalue weighted by Gasteiger charge is -2.34. The summed E-state index contributed by atoms with van der Waals surface area (Å²) in [6.45, 7) is -1.87. The van der Waals surface area contributed by atoms with Crippen LogP contribution < -0.4 is 10.0 Å². The number of ether oxygens (including phenoxy) is 3. The molecule has 3 fully saturated rings. The highest BCUT2D eigenvalue weighted by atomic mass is 35.5. The first-order valence-corrected chi connectivity index (χ1v) is 17.4. The van der Waals surface area contributed by atoms with E-state index in [0.717, 1.165) is 32.8 Å². The number of rotatable bonds is 12. The number of hydrogen-bond acceptors (Lipinski definition) is 12. The smallest absolute Gasteiger partial charge is 0.369 e. The quantitative estimate of drug-likeness (QED) is 0.134. The molecule has 240 valence electrons. The van der Waals surface area contributed by atoms with E-state index < -0.39 is 71.9 Å². The lowest BCUT2D eigenvalue weighted by molar-refractivity contribution is -0.151. The van der Waals surface area contributed by atoms with Gasteiger partial charge in [0, 0.05) is 13.2 Å². The number of carbonyl (C=O) groups is 1. The number of nitrogens with one attached hydrogen (secondary N) is 2. The molecule has 3 aliphatic rings. The van der Waals surface area contributed by atoms with E-state index >= 15 is 0 Å². The molecule has 1 aliphatic heterocycles. The maximum Gasteiger partial charge on any atom is 0.369 e. The number of aromatic nitrogens is 3. The summed E-state index contributed by atoms with van der Waals surface area (Å²) in [7, 11) is -8.78. The van der Waals surface area contributed by atoms with Crippen molar-refractivity contribution >= 4 is 51.8 Å². The number of aliphatic hydroxyl groups excluding tert-OH is 2. The first-order chi connectivity index (χ1) is 20.3. The van der Waals surface area contributed by atoms with Gasteiger partial charge in [-0.25, -0.2) is 22.8 Å². The van der Waals surface area contributed by atoms with E-state index in [1.165, 1.54) is 10.9 Å². The van der Waals surface area contributed by atoms with Crippen molar-refractivity contribution in [1.29, 1.82) is 0 Å². The summed E-state index contributed by atoms with van der Waals surface area (Å²) in [6.07, 6.45) is 0.881. The first kappa shape index (κ1) is 32.5. The fourth-order valence-electron chi connectivity index (χ4n) is 5.51. The Morgan fingerprint density at radius 2 is 1.91 bits per heavy atom. The largest absolute Gasteiger partial charge is 0.387 e. The summed E-state index contributed by atoms with van der Waals surface area (Å²) in [5, 5.41) is 26.2. The van der Waals surface area contributed by atoms with Crippen molar-refractivity contribution in [2.75, 3.05) is 25.6 Å². The molecule has 5 atom stereocenters. The molecule has 0 unspecified atom stereocenters. The topological polar surface area (TPSA) is 232 Å². The maximum absolute atomic E-state index is 13.1. The van der Waals surface area contributed by atoms with E-state index in [4.69, 9.17) is 25.8 Å². The van der Waals surface area contributed by atoms with E-state index in [-0.39, 0.29) is 16.8 Å². The lowest BCUT2D eigenvalue weighted by atomic mass is 10.0. The molecular weight excluding hydrogens is 633 g/mol. The van der Waals surface area contributed by atoms with Crippen LogP contribution >= 0.6 is 19.2 Å². The number of carbonyl (C=O) groups excluding carboxylic acids is 1. The maximum atomic E-state index is 13.1. The van der Waals surface area contributed by atoms with Crippen LogP contribution in [0.2, 0.25) is 5.15 Å². The molecule has 1 amide bonds. The predicted molar refractivity (Wildman–Crippen MR) is 152 cm³/mol. The van der Waals surface area contributed by atoms with Gasteiger partial charge in [0.1, 0.15) is 23.5 Å². The van der Waals surface area contributed by atoms with Gasteiger partial charge < -0.3 is 39.5 Å². The summed E-state index contributed by atoms with van der Waals surface area (Å²) < 4.78 is 56.8. The third-order valence-electron chi connectivity index (χ3n) is 8.21. The van der Waals surface area contributed by atoms with Gasteiger partial charge in [-0.2, -0.15) is 5.10 Å². The fraction of sp³-hybridized carbons (Fsp3) is 0.708. The number of pyridine rings is 1. The summed E-state index contributed by atoms with van der Waals surface area (Å²) in [5.74, 6) is -1.63. The monoisotopic (exact) mass is 667 g/mol. The molecule has 2 saturated carbocycles. The standard InChI is InChI=1S/C24H35ClN5O11PS/c1-39-12-24(42(34,35)36,23(33)29-43(37,38)14-7-4-8-14)40-11-17-19(31)20(32)22(41-17)30-21-15(10-26-30)16(9-18(25)28-21)27-13-5-2-3-6-13/h9-10,13-14,17,19-20,22,31-32H,2-8,11-12H2,1H3,(H,27,28)(H,29,33)(H2,34,35,36)/t17-,19-,20-,22-,24+/m1/s1. The van der Waals surface area contributed by atoms with Crippen molar-refractivity contribution in [3.05, 3.63) is 17.4 Å². The van der Waals surface area contributed by atoms with Gasteiger partial charge in [-0.1, -0.05) is 30.9 Å². The molecule has 2 aromatic heterocycles. The second-order valence-electron chi connectivity index (χ2n) is 11.1. The first-order valence-electron chi connectivity index (χ1n) is 13.8. The predicted octanol–water partition coefficient (Wildman–Crippen LogP) is 0.594. The number of amides is 1. The number of fused-ring (bicyclic) bond motifs is 1. The van der Waals surface area contributed by atoms with Crippen LogP contribution in [-0.4, -0.2) is 104 Å². The van der Waals surface area contributed by atoms with Crippen LogP contribution in [0.15, 0.2) is 12.3 Å². The third kappa shape index (κ3) is 6.30. The van der Waals surface area contributed by atoms with Crippen LogP contribution in [-0.2, 0) is 33.6 Å². The van der Waals surface area contributed by atoms with Crippen molar-refractivity contribution in [2.45, 2.75) is 86.1 Å². The van der Waals surface area contributed by atoms with Crippen LogP contribution in [0.5, 0.6) is 0 Å². The number of anilines is 1. The normalized spacial score (nSPS) is 26.8. The van der Waals surface area contributed by atoms with Gasteiger partial charge in [0.05, 0.1) is 35.7 Å². The molecule has 6 N–H and O–H groups in total. The Morgan fingerprint density at radius 3 is 2.51 bits per heavy atom. The zero-order valence-corrected chi connectivity index (χ0v) is 25.7. The minimum Gasteiger partial charge on any atom is -0.387 e. The van der Waals surface area contributed by atoms with Crippen LogP contribution in [0.4, 0.5) is 5.69 Å². The van der Waals surface area contributed by atoms with Crippen LogP contribution in [0.1, 0.15) is 51.2 Å². The summed E-state index contributed by atoms with van der Waals surface area (Å²) in [4.78, 5) is 37.8. The van der Waals surface area contributed by atoms with Crippen molar-refractivity contribution in [1.82, 2.24) is 19.5 Å². The number of nitrogens with zero attached hydrogens (tertiary/aromatic N) is 3. The molecular formula is C24H35ClN5O11PS. The lowest BCUT2D eigenvalue weighted by Crippen LogP contribution is -2.56.